The molecule has 4 nitrogen and oxygen atoms in total. The second kappa shape index (κ2) is 7.02. The van der Waals surface area contributed by atoms with Crippen LogP contribution < -0.4 is 5.32 Å². The maximum atomic E-state index is 11.0. The van der Waals surface area contributed by atoms with Crippen LogP contribution in [0.1, 0.15) is 24.1 Å². The Kier molecular flexibility index (Phi) is 5.33. The van der Waals surface area contributed by atoms with E-state index in [0.717, 1.165) is 10.0 Å². The highest BCUT2D eigenvalue weighted by Crippen LogP contribution is 2.25. The van der Waals surface area contributed by atoms with Crippen LogP contribution in [-0.4, -0.2) is 4.92 Å². The van der Waals surface area contributed by atoms with Gasteiger partial charge in [-0.05, 0) is 30.7 Å². The third kappa shape index (κ3) is 4.03. The Morgan fingerprint density at radius 3 is 2.71 bits per heavy atom. The van der Waals surface area contributed by atoms with Gasteiger partial charge in [-0.1, -0.05) is 45.7 Å². The summed E-state index contributed by atoms with van der Waals surface area (Å²) in [6, 6.07) is 12.5. The quantitative estimate of drug-likeness (QED) is 0.605. The van der Waals surface area contributed by atoms with Crippen molar-refractivity contribution in [3.8, 4) is 0 Å². The second-order valence-corrected chi connectivity index (χ2v) is 5.98. The average molecular weight is 370 g/mol. The molecule has 2 aromatic carbocycles. The first-order valence-electron chi connectivity index (χ1n) is 6.39. The van der Waals surface area contributed by atoms with E-state index in [-0.39, 0.29) is 16.7 Å². The lowest BCUT2D eigenvalue weighted by molar-refractivity contribution is -0.385. The van der Waals surface area contributed by atoms with Crippen molar-refractivity contribution in [2.75, 3.05) is 0 Å². The van der Waals surface area contributed by atoms with Crippen molar-refractivity contribution in [1.82, 2.24) is 5.32 Å². The highest BCUT2D eigenvalue weighted by atomic mass is 79.9. The Labute approximate surface area is 136 Å². The standard InChI is InChI=1S/C15H14BrClN2O2/c1-10(13-4-2-3-5-14(13)17)18-9-11-8-12(16)6-7-15(11)19(20)21/h2-8,10,18H,9H2,1H3/t10-/m1/s1. The topological polar surface area (TPSA) is 55.2 Å². The number of rotatable bonds is 5. The maximum Gasteiger partial charge on any atom is 0.273 e. The Morgan fingerprint density at radius 2 is 2.05 bits per heavy atom. The van der Waals surface area contributed by atoms with Crippen molar-refractivity contribution in [1.29, 1.82) is 0 Å². The monoisotopic (exact) mass is 368 g/mol. The van der Waals surface area contributed by atoms with Crippen molar-refractivity contribution in [2.45, 2.75) is 19.5 Å². The number of halogens is 2. The Hall–Kier alpha value is -1.43. The predicted molar refractivity (Wildman–Crippen MR) is 87.5 cm³/mol. The van der Waals surface area contributed by atoms with Gasteiger partial charge in [-0.3, -0.25) is 10.1 Å². The van der Waals surface area contributed by atoms with Crippen molar-refractivity contribution in [3.05, 3.63) is 73.2 Å². The van der Waals surface area contributed by atoms with Crippen LogP contribution in [0.25, 0.3) is 0 Å². The van der Waals surface area contributed by atoms with E-state index in [4.69, 9.17) is 11.6 Å². The van der Waals surface area contributed by atoms with Crippen LogP contribution in [0.3, 0.4) is 0 Å². The first kappa shape index (κ1) is 15.9. The van der Waals surface area contributed by atoms with E-state index in [2.05, 4.69) is 21.2 Å². The van der Waals surface area contributed by atoms with E-state index < -0.39 is 0 Å². The van der Waals surface area contributed by atoms with Crippen LogP contribution in [-0.2, 0) is 6.54 Å². The summed E-state index contributed by atoms with van der Waals surface area (Å²) in [4.78, 5) is 10.7. The van der Waals surface area contributed by atoms with Gasteiger partial charge < -0.3 is 5.32 Å². The number of benzene rings is 2. The summed E-state index contributed by atoms with van der Waals surface area (Å²) in [7, 11) is 0. The van der Waals surface area contributed by atoms with Crippen molar-refractivity contribution >= 4 is 33.2 Å². The molecule has 0 aliphatic heterocycles. The molecular formula is C15H14BrClN2O2. The van der Waals surface area contributed by atoms with E-state index in [9.17, 15) is 10.1 Å². The van der Waals surface area contributed by atoms with E-state index in [1.807, 2.05) is 31.2 Å². The van der Waals surface area contributed by atoms with Gasteiger partial charge in [0.25, 0.3) is 5.69 Å². The number of nitro groups is 1. The molecule has 110 valence electrons. The number of nitrogens with one attached hydrogen (secondary N) is 1. The molecule has 0 heterocycles. The zero-order valence-electron chi connectivity index (χ0n) is 11.3. The highest BCUT2D eigenvalue weighted by molar-refractivity contribution is 9.10. The Bertz CT molecular complexity index is 664. The molecule has 0 aliphatic carbocycles. The highest BCUT2D eigenvalue weighted by Gasteiger charge is 2.15. The number of nitro benzene ring substituents is 1. The van der Waals surface area contributed by atoms with Gasteiger partial charge in [0.1, 0.15) is 0 Å². The summed E-state index contributed by atoms with van der Waals surface area (Å²) >= 11 is 9.49. The van der Waals surface area contributed by atoms with Crippen molar-refractivity contribution in [3.63, 3.8) is 0 Å². The van der Waals surface area contributed by atoms with Gasteiger partial charge >= 0.3 is 0 Å². The molecule has 0 aliphatic rings. The first-order chi connectivity index (χ1) is 9.99. The van der Waals surface area contributed by atoms with E-state index >= 15 is 0 Å². The molecule has 1 atom stereocenters. The minimum atomic E-state index is -0.371. The van der Waals surface area contributed by atoms with Crippen LogP contribution in [0.4, 0.5) is 5.69 Å². The molecule has 0 saturated carbocycles. The molecule has 2 aromatic rings. The lowest BCUT2D eigenvalue weighted by Crippen LogP contribution is -2.19. The summed E-state index contributed by atoms with van der Waals surface area (Å²) in [6.07, 6.45) is 0. The van der Waals surface area contributed by atoms with Gasteiger partial charge in [0.15, 0.2) is 0 Å². The minimum Gasteiger partial charge on any atom is -0.306 e. The molecule has 21 heavy (non-hydrogen) atoms. The molecule has 0 spiro atoms. The van der Waals surface area contributed by atoms with Crippen LogP contribution in [0.2, 0.25) is 5.02 Å². The summed E-state index contributed by atoms with van der Waals surface area (Å²) in [5.41, 5.74) is 1.71. The molecule has 0 radical (unpaired) electrons. The molecule has 2 rings (SSSR count). The summed E-state index contributed by atoms with van der Waals surface area (Å²) in [5, 5.41) is 15.0. The van der Waals surface area contributed by atoms with E-state index in [1.54, 1.807) is 12.1 Å². The average Bonchev–Trinajstić information content (AvgIpc) is 2.45. The third-order valence-electron chi connectivity index (χ3n) is 3.21. The maximum absolute atomic E-state index is 11.0. The van der Waals surface area contributed by atoms with Gasteiger partial charge in [0.05, 0.1) is 4.92 Å². The lowest BCUT2D eigenvalue weighted by Gasteiger charge is -2.15. The molecule has 0 fully saturated rings. The van der Waals surface area contributed by atoms with Crippen molar-refractivity contribution in [2.24, 2.45) is 0 Å². The normalized spacial score (nSPS) is 12.1. The van der Waals surface area contributed by atoms with E-state index in [1.165, 1.54) is 6.07 Å². The first-order valence-corrected chi connectivity index (χ1v) is 7.56. The number of nitrogens with zero attached hydrogens (tertiary/aromatic N) is 1. The van der Waals surface area contributed by atoms with E-state index in [0.29, 0.717) is 17.1 Å². The van der Waals surface area contributed by atoms with Crippen LogP contribution in [0.15, 0.2) is 46.9 Å². The van der Waals surface area contributed by atoms with Gasteiger partial charge in [-0.15, -0.1) is 0 Å². The summed E-state index contributed by atoms with van der Waals surface area (Å²) in [6.45, 7) is 2.37. The third-order valence-corrected chi connectivity index (χ3v) is 4.05. The number of hydrogen-bond donors (Lipinski definition) is 1. The zero-order valence-corrected chi connectivity index (χ0v) is 13.7. The fourth-order valence-electron chi connectivity index (χ4n) is 2.07. The fourth-order valence-corrected chi connectivity index (χ4v) is 2.78. The molecule has 0 saturated heterocycles. The van der Waals surface area contributed by atoms with Gasteiger partial charge in [-0.25, -0.2) is 0 Å². The van der Waals surface area contributed by atoms with Gasteiger partial charge in [0.2, 0.25) is 0 Å². The smallest absolute Gasteiger partial charge is 0.273 e. The minimum absolute atomic E-state index is 0.00251. The molecular weight excluding hydrogens is 356 g/mol. The van der Waals surface area contributed by atoms with Crippen LogP contribution in [0.5, 0.6) is 0 Å². The summed E-state index contributed by atoms with van der Waals surface area (Å²) in [5.74, 6) is 0. The van der Waals surface area contributed by atoms with Crippen LogP contribution >= 0.6 is 27.5 Å². The molecule has 1 N–H and O–H groups in total. The molecule has 0 unspecified atom stereocenters. The van der Waals surface area contributed by atoms with Gasteiger partial charge in [0, 0.05) is 33.7 Å². The molecule has 0 bridgehead atoms. The second-order valence-electron chi connectivity index (χ2n) is 4.65. The predicted octanol–water partition coefficient (Wildman–Crippen LogP) is 4.86. The lowest BCUT2D eigenvalue weighted by atomic mass is 10.1. The fraction of sp³-hybridized carbons (Fsp3) is 0.200. The largest absolute Gasteiger partial charge is 0.306 e. The van der Waals surface area contributed by atoms with Crippen LogP contribution in [0, 0.1) is 10.1 Å². The molecule has 0 aromatic heterocycles. The SMILES string of the molecule is C[C@@H](NCc1cc(Br)ccc1[N+](=O)[O-])c1ccccc1Cl. The Balaban J connectivity index is 2.15. The van der Waals surface area contributed by atoms with Crippen molar-refractivity contribution < 1.29 is 4.92 Å². The molecule has 0 amide bonds. The Morgan fingerprint density at radius 1 is 1.33 bits per heavy atom. The van der Waals surface area contributed by atoms with Gasteiger partial charge in [-0.2, -0.15) is 0 Å². The number of hydrogen-bond acceptors (Lipinski definition) is 3. The zero-order chi connectivity index (χ0) is 15.4. The molecule has 6 heteroatoms. The summed E-state index contributed by atoms with van der Waals surface area (Å²) < 4.78 is 0.815.